The van der Waals surface area contributed by atoms with Gasteiger partial charge in [0.15, 0.2) is 0 Å². The second-order valence-electron chi connectivity index (χ2n) is 3.46. The van der Waals surface area contributed by atoms with E-state index < -0.39 is 0 Å². The second-order valence-corrected chi connectivity index (χ2v) is 3.46. The van der Waals surface area contributed by atoms with Gasteiger partial charge in [0.25, 0.3) is 0 Å². The molecule has 0 radical (unpaired) electrons. The summed E-state index contributed by atoms with van der Waals surface area (Å²) in [5.74, 6) is 2.92. The van der Waals surface area contributed by atoms with Gasteiger partial charge in [0.05, 0.1) is 0 Å². The van der Waals surface area contributed by atoms with Crippen molar-refractivity contribution in [3.8, 4) is 12.3 Å². The zero-order valence-corrected chi connectivity index (χ0v) is 7.25. The summed E-state index contributed by atoms with van der Waals surface area (Å²) in [5, 5.41) is 0. The number of hydrogen-bond acceptors (Lipinski definition) is 2. The Morgan fingerprint density at radius 2 is 2.00 bits per heavy atom. The Labute approximate surface area is 73.5 Å². The van der Waals surface area contributed by atoms with Crippen LogP contribution in [0.25, 0.3) is 0 Å². The molecule has 12 heavy (non-hydrogen) atoms. The van der Waals surface area contributed by atoms with Gasteiger partial charge in [-0.05, 0) is 44.1 Å². The molecule has 2 N–H and O–H groups in total. The van der Waals surface area contributed by atoms with Crippen molar-refractivity contribution in [3.63, 3.8) is 0 Å². The molecule has 1 aliphatic carbocycles. The maximum atomic E-state index is 11.1. The molecule has 0 atom stereocenters. The number of ketones is 1. The summed E-state index contributed by atoms with van der Waals surface area (Å²) in [5.41, 5.74) is 5.53. The van der Waals surface area contributed by atoms with Crippen molar-refractivity contribution in [3.05, 3.63) is 0 Å². The van der Waals surface area contributed by atoms with Gasteiger partial charge < -0.3 is 5.73 Å². The van der Waals surface area contributed by atoms with Gasteiger partial charge in [-0.15, -0.1) is 6.42 Å². The Kier molecular flexibility index (Phi) is 3.31. The fraction of sp³-hybridized carbons (Fsp3) is 0.700. The maximum Gasteiger partial charge on any atom is 0.208 e. The minimum Gasteiger partial charge on any atom is -0.330 e. The van der Waals surface area contributed by atoms with E-state index in [0.717, 1.165) is 32.2 Å². The van der Waals surface area contributed by atoms with E-state index in [4.69, 9.17) is 12.2 Å². The van der Waals surface area contributed by atoms with Gasteiger partial charge in [0, 0.05) is 5.92 Å². The lowest BCUT2D eigenvalue weighted by Gasteiger charge is -2.25. The molecular weight excluding hydrogens is 150 g/mol. The Balaban J connectivity index is 2.37. The summed E-state index contributed by atoms with van der Waals surface area (Å²) in [6, 6.07) is 0. The summed E-state index contributed by atoms with van der Waals surface area (Å²) in [6.45, 7) is 0.747. The number of carbonyl (C=O) groups excluding carboxylic acids is 1. The van der Waals surface area contributed by atoms with E-state index >= 15 is 0 Å². The fourth-order valence-corrected chi connectivity index (χ4v) is 1.78. The predicted octanol–water partition coefficient (Wildman–Crippen LogP) is 0.954. The van der Waals surface area contributed by atoms with Crippen LogP contribution in [0.3, 0.4) is 0 Å². The lowest BCUT2D eigenvalue weighted by atomic mass is 9.80. The molecule has 0 bridgehead atoms. The van der Waals surface area contributed by atoms with Crippen molar-refractivity contribution in [1.29, 1.82) is 0 Å². The molecule has 0 aromatic heterocycles. The molecule has 2 heteroatoms. The molecule has 66 valence electrons. The van der Waals surface area contributed by atoms with E-state index in [9.17, 15) is 4.79 Å². The first-order valence-corrected chi connectivity index (χ1v) is 4.48. The minimum absolute atomic E-state index is 0.0227. The summed E-state index contributed by atoms with van der Waals surface area (Å²) >= 11 is 0. The van der Waals surface area contributed by atoms with Crippen LogP contribution >= 0.6 is 0 Å². The third-order valence-corrected chi connectivity index (χ3v) is 2.69. The van der Waals surface area contributed by atoms with E-state index in [1.54, 1.807) is 0 Å². The largest absolute Gasteiger partial charge is 0.330 e. The van der Waals surface area contributed by atoms with Crippen LogP contribution in [0.4, 0.5) is 0 Å². The molecule has 0 unspecified atom stereocenters. The lowest BCUT2D eigenvalue weighted by Crippen LogP contribution is -2.24. The van der Waals surface area contributed by atoms with Crippen molar-refractivity contribution >= 4 is 5.78 Å². The quantitative estimate of drug-likeness (QED) is 0.489. The van der Waals surface area contributed by atoms with Gasteiger partial charge in [0.2, 0.25) is 5.78 Å². The maximum absolute atomic E-state index is 11.1. The molecule has 0 amide bonds. The lowest BCUT2D eigenvalue weighted by molar-refractivity contribution is -0.118. The number of hydrogen-bond donors (Lipinski definition) is 1. The van der Waals surface area contributed by atoms with E-state index in [-0.39, 0.29) is 11.7 Å². The van der Waals surface area contributed by atoms with Crippen LogP contribution in [-0.2, 0) is 4.79 Å². The van der Waals surface area contributed by atoms with E-state index in [0.29, 0.717) is 5.92 Å². The van der Waals surface area contributed by atoms with Gasteiger partial charge in [-0.2, -0.15) is 0 Å². The van der Waals surface area contributed by atoms with Gasteiger partial charge in [-0.3, -0.25) is 4.79 Å². The average molecular weight is 165 g/mol. The Bertz CT molecular complexity index is 196. The molecule has 0 heterocycles. The van der Waals surface area contributed by atoms with Crippen LogP contribution in [-0.4, -0.2) is 12.3 Å². The van der Waals surface area contributed by atoms with E-state index in [2.05, 4.69) is 5.92 Å². The van der Waals surface area contributed by atoms with Crippen molar-refractivity contribution in [1.82, 2.24) is 0 Å². The summed E-state index contributed by atoms with van der Waals surface area (Å²) < 4.78 is 0. The molecule has 2 nitrogen and oxygen atoms in total. The number of terminal acetylenes is 1. The highest BCUT2D eigenvalue weighted by Crippen LogP contribution is 2.28. The Morgan fingerprint density at radius 3 is 2.42 bits per heavy atom. The van der Waals surface area contributed by atoms with Crippen molar-refractivity contribution in [2.45, 2.75) is 25.7 Å². The van der Waals surface area contributed by atoms with Gasteiger partial charge in [-0.25, -0.2) is 0 Å². The highest BCUT2D eigenvalue weighted by atomic mass is 16.1. The SMILES string of the molecule is C#CC(=O)C1CCC(CN)CC1. The standard InChI is InChI=1S/C10H15NO/c1-2-10(12)9-5-3-8(7-11)4-6-9/h1,8-9H,3-7,11H2. The first kappa shape index (κ1) is 9.28. The zero-order chi connectivity index (χ0) is 8.97. The van der Waals surface area contributed by atoms with E-state index in [1.165, 1.54) is 0 Å². The summed E-state index contributed by atoms with van der Waals surface area (Å²) in [7, 11) is 0. The number of Topliss-reactive ketones (excluding diaryl/α,β-unsaturated/α-hetero) is 1. The predicted molar refractivity (Wildman–Crippen MR) is 48.3 cm³/mol. The molecule has 0 spiro atoms. The normalized spacial score (nSPS) is 29.3. The van der Waals surface area contributed by atoms with E-state index in [1.807, 2.05) is 0 Å². The highest BCUT2D eigenvalue weighted by molar-refractivity contribution is 5.96. The molecule has 0 aromatic rings. The molecule has 1 rings (SSSR count). The van der Waals surface area contributed by atoms with Crippen LogP contribution in [0.2, 0.25) is 0 Å². The smallest absolute Gasteiger partial charge is 0.208 e. The Morgan fingerprint density at radius 1 is 1.42 bits per heavy atom. The summed E-state index contributed by atoms with van der Waals surface area (Å²) in [6.07, 6.45) is 9.04. The first-order valence-electron chi connectivity index (χ1n) is 4.48. The monoisotopic (exact) mass is 165 g/mol. The highest BCUT2D eigenvalue weighted by Gasteiger charge is 2.24. The second kappa shape index (κ2) is 4.27. The van der Waals surface area contributed by atoms with Crippen molar-refractivity contribution in [2.24, 2.45) is 17.6 Å². The van der Waals surface area contributed by atoms with Crippen LogP contribution in [0.5, 0.6) is 0 Å². The molecule has 1 fully saturated rings. The number of carbonyl (C=O) groups is 1. The van der Waals surface area contributed by atoms with Crippen LogP contribution in [0, 0.1) is 24.2 Å². The molecule has 0 aromatic carbocycles. The topological polar surface area (TPSA) is 43.1 Å². The Hall–Kier alpha value is -0.810. The number of rotatable bonds is 2. The third kappa shape index (κ3) is 2.09. The molecule has 1 aliphatic rings. The van der Waals surface area contributed by atoms with Crippen LogP contribution in [0.1, 0.15) is 25.7 Å². The van der Waals surface area contributed by atoms with Crippen molar-refractivity contribution < 1.29 is 4.79 Å². The third-order valence-electron chi connectivity index (χ3n) is 2.69. The first-order chi connectivity index (χ1) is 5.77. The zero-order valence-electron chi connectivity index (χ0n) is 7.25. The molecular formula is C10H15NO. The van der Waals surface area contributed by atoms with Crippen LogP contribution < -0.4 is 5.73 Å². The molecule has 0 aliphatic heterocycles. The van der Waals surface area contributed by atoms with Gasteiger partial charge in [0.1, 0.15) is 0 Å². The van der Waals surface area contributed by atoms with Crippen LogP contribution in [0.15, 0.2) is 0 Å². The van der Waals surface area contributed by atoms with Gasteiger partial charge in [-0.1, -0.05) is 0 Å². The molecule has 0 saturated heterocycles. The van der Waals surface area contributed by atoms with Crippen molar-refractivity contribution in [2.75, 3.05) is 6.54 Å². The minimum atomic E-state index is -0.0227. The summed E-state index contributed by atoms with van der Waals surface area (Å²) in [4.78, 5) is 11.1. The average Bonchev–Trinajstić information content (AvgIpc) is 2.17. The molecule has 1 saturated carbocycles. The van der Waals surface area contributed by atoms with Gasteiger partial charge >= 0.3 is 0 Å². The fourth-order valence-electron chi connectivity index (χ4n) is 1.78. The number of nitrogens with two attached hydrogens (primary N) is 1.